The fourth-order valence-corrected chi connectivity index (χ4v) is 6.86. The molecule has 0 unspecified atom stereocenters. The van der Waals surface area contributed by atoms with Crippen LogP contribution in [0.3, 0.4) is 0 Å². The molecule has 0 spiro atoms. The summed E-state index contributed by atoms with van der Waals surface area (Å²) in [6, 6.07) is 10.3. The van der Waals surface area contributed by atoms with Crippen molar-refractivity contribution in [2.24, 2.45) is 0 Å². The molecule has 0 saturated carbocycles. The number of benzene rings is 2. The molecule has 7 nitrogen and oxygen atoms in total. The van der Waals surface area contributed by atoms with Crippen LogP contribution in [0.4, 0.5) is 5.13 Å². The Morgan fingerprint density at radius 3 is 2.66 bits per heavy atom. The van der Waals surface area contributed by atoms with Gasteiger partial charge >= 0.3 is 0 Å². The standard InChI is InChI=1S/C23H28N4O3S2/c1-4-18-7-5-6-12-27(18)32(29,30)19-10-8-17(9-11-19)22(28)25-26-23-24-20-14-15(2)13-16(3)21(20)31-23/h8-11,13-14,18H,4-7,12H2,1-3H3,(H,24,26)(H,25,28)/t18-/m0/s1. The van der Waals surface area contributed by atoms with Crippen LogP contribution in [0, 0.1) is 13.8 Å². The number of aryl methyl sites for hydroxylation is 2. The molecule has 2 heterocycles. The second-order valence-electron chi connectivity index (χ2n) is 8.23. The largest absolute Gasteiger partial charge is 0.273 e. The van der Waals surface area contributed by atoms with Crippen molar-refractivity contribution in [3.63, 3.8) is 0 Å². The van der Waals surface area contributed by atoms with Crippen LogP contribution < -0.4 is 10.9 Å². The van der Waals surface area contributed by atoms with E-state index in [2.05, 4.69) is 21.9 Å². The van der Waals surface area contributed by atoms with Gasteiger partial charge in [0, 0.05) is 18.2 Å². The highest BCUT2D eigenvalue weighted by atomic mass is 32.2. The van der Waals surface area contributed by atoms with Crippen molar-refractivity contribution < 1.29 is 13.2 Å². The van der Waals surface area contributed by atoms with Crippen molar-refractivity contribution in [3.05, 3.63) is 53.1 Å². The Morgan fingerprint density at radius 1 is 1.19 bits per heavy atom. The highest BCUT2D eigenvalue weighted by Gasteiger charge is 2.32. The number of hydrazine groups is 1. The Morgan fingerprint density at radius 2 is 1.94 bits per heavy atom. The van der Waals surface area contributed by atoms with Crippen LogP contribution in [0.15, 0.2) is 41.3 Å². The minimum Gasteiger partial charge on any atom is -0.273 e. The van der Waals surface area contributed by atoms with Crippen LogP contribution in [-0.4, -0.2) is 36.2 Å². The lowest BCUT2D eigenvalue weighted by atomic mass is 10.0. The van der Waals surface area contributed by atoms with E-state index >= 15 is 0 Å². The molecule has 1 aliphatic rings. The first-order chi connectivity index (χ1) is 15.3. The lowest BCUT2D eigenvalue weighted by Crippen LogP contribution is -2.43. The molecule has 3 aromatic rings. The van der Waals surface area contributed by atoms with E-state index < -0.39 is 10.0 Å². The van der Waals surface area contributed by atoms with Gasteiger partial charge < -0.3 is 0 Å². The highest BCUT2D eigenvalue weighted by molar-refractivity contribution is 7.89. The predicted octanol–water partition coefficient (Wildman–Crippen LogP) is 4.62. The summed E-state index contributed by atoms with van der Waals surface area (Å²) in [7, 11) is -3.57. The van der Waals surface area contributed by atoms with E-state index in [4.69, 9.17) is 0 Å². The molecule has 1 fully saturated rings. The van der Waals surface area contributed by atoms with Gasteiger partial charge in [-0.25, -0.2) is 13.4 Å². The summed E-state index contributed by atoms with van der Waals surface area (Å²) in [5.41, 5.74) is 9.06. The number of hydrogen-bond acceptors (Lipinski definition) is 6. The van der Waals surface area contributed by atoms with E-state index in [1.807, 2.05) is 26.8 Å². The Hall–Kier alpha value is -2.49. The summed E-state index contributed by atoms with van der Waals surface area (Å²) in [5.74, 6) is -0.356. The molecule has 1 atom stereocenters. The van der Waals surface area contributed by atoms with Gasteiger partial charge in [-0.2, -0.15) is 4.31 Å². The van der Waals surface area contributed by atoms with Crippen molar-refractivity contribution in [2.75, 3.05) is 12.0 Å². The average Bonchev–Trinajstić information content (AvgIpc) is 3.20. The smallest absolute Gasteiger partial charge is 0.269 e. The molecule has 0 bridgehead atoms. The second kappa shape index (κ2) is 9.17. The molecule has 1 amide bonds. The van der Waals surface area contributed by atoms with Crippen molar-refractivity contribution in [3.8, 4) is 0 Å². The summed E-state index contributed by atoms with van der Waals surface area (Å²) in [6.45, 7) is 6.64. The van der Waals surface area contributed by atoms with Crippen LogP contribution in [0.25, 0.3) is 10.2 Å². The first-order valence-electron chi connectivity index (χ1n) is 10.9. The summed E-state index contributed by atoms with van der Waals surface area (Å²) in [6.07, 6.45) is 3.64. The lowest BCUT2D eigenvalue weighted by molar-refractivity contribution is 0.0962. The van der Waals surface area contributed by atoms with Gasteiger partial charge in [0.05, 0.1) is 15.1 Å². The summed E-state index contributed by atoms with van der Waals surface area (Å²) in [4.78, 5) is 17.3. The molecule has 1 saturated heterocycles. The minimum absolute atomic E-state index is 0.0437. The monoisotopic (exact) mass is 472 g/mol. The maximum absolute atomic E-state index is 13.1. The Labute approximate surface area is 192 Å². The number of rotatable bonds is 6. The van der Waals surface area contributed by atoms with Crippen LogP contribution in [0.2, 0.25) is 0 Å². The highest BCUT2D eigenvalue weighted by Crippen LogP contribution is 2.30. The third-order valence-corrected chi connectivity index (χ3v) is 8.96. The number of thiazole rings is 1. The molecular formula is C23H28N4O3S2. The number of piperidine rings is 1. The molecule has 2 N–H and O–H groups in total. The van der Waals surface area contributed by atoms with E-state index in [9.17, 15) is 13.2 Å². The summed E-state index contributed by atoms with van der Waals surface area (Å²) < 4.78 is 28.9. The predicted molar refractivity (Wildman–Crippen MR) is 128 cm³/mol. The normalized spacial score (nSPS) is 17.4. The molecular weight excluding hydrogens is 444 g/mol. The zero-order valence-corrected chi connectivity index (χ0v) is 20.1. The molecule has 0 radical (unpaired) electrons. The molecule has 1 aromatic heterocycles. The number of hydrogen-bond donors (Lipinski definition) is 2. The van der Waals surface area contributed by atoms with Crippen LogP contribution in [-0.2, 0) is 10.0 Å². The topological polar surface area (TPSA) is 91.4 Å². The molecule has 1 aliphatic heterocycles. The average molecular weight is 473 g/mol. The molecule has 0 aliphatic carbocycles. The number of carbonyl (C=O) groups excluding carboxylic acids is 1. The number of nitrogens with one attached hydrogen (secondary N) is 2. The molecule has 32 heavy (non-hydrogen) atoms. The fourth-order valence-electron chi connectivity index (χ4n) is 4.22. The third kappa shape index (κ3) is 4.51. The van der Waals surface area contributed by atoms with Crippen molar-refractivity contribution in [1.29, 1.82) is 0 Å². The van der Waals surface area contributed by atoms with Gasteiger partial charge in [-0.05, 0) is 74.6 Å². The molecule has 9 heteroatoms. The number of anilines is 1. The van der Waals surface area contributed by atoms with Gasteiger partial charge in [-0.3, -0.25) is 15.6 Å². The first-order valence-corrected chi connectivity index (χ1v) is 13.1. The maximum Gasteiger partial charge on any atom is 0.269 e. The number of nitrogens with zero attached hydrogens (tertiary/aromatic N) is 2. The van der Waals surface area contributed by atoms with E-state index in [1.165, 1.54) is 23.5 Å². The van der Waals surface area contributed by atoms with Crippen LogP contribution in [0.5, 0.6) is 0 Å². The lowest BCUT2D eigenvalue weighted by Gasteiger charge is -2.34. The van der Waals surface area contributed by atoms with Gasteiger partial charge in [-0.1, -0.05) is 30.7 Å². The van der Waals surface area contributed by atoms with E-state index in [0.717, 1.165) is 47.0 Å². The van der Waals surface area contributed by atoms with Crippen molar-refractivity contribution in [1.82, 2.24) is 14.7 Å². The number of aromatic nitrogens is 1. The number of fused-ring (bicyclic) bond motifs is 1. The van der Waals surface area contributed by atoms with Gasteiger partial charge in [0.15, 0.2) is 0 Å². The number of sulfonamides is 1. The quantitative estimate of drug-likeness (QED) is 0.511. The Kier molecular flexibility index (Phi) is 6.50. The second-order valence-corrected chi connectivity index (χ2v) is 11.1. The fraction of sp³-hybridized carbons (Fsp3) is 0.391. The molecule has 2 aromatic carbocycles. The summed E-state index contributed by atoms with van der Waals surface area (Å²) >= 11 is 1.47. The third-order valence-electron chi connectivity index (χ3n) is 5.87. The summed E-state index contributed by atoms with van der Waals surface area (Å²) in [5, 5.41) is 0.594. The molecule has 170 valence electrons. The van der Waals surface area contributed by atoms with E-state index in [-0.39, 0.29) is 16.8 Å². The molecule has 4 rings (SSSR count). The van der Waals surface area contributed by atoms with Gasteiger partial charge in [0.25, 0.3) is 5.91 Å². The van der Waals surface area contributed by atoms with Gasteiger partial charge in [0.2, 0.25) is 15.2 Å². The number of amides is 1. The van der Waals surface area contributed by atoms with Crippen molar-refractivity contribution in [2.45, 2.75) is 57.4 Å². The Balaban J connectivity index is 1.45. The van der Waals surface area contributed by atoms with Crippen LogP contribution in [0.1, 0.15) is 54.1 Å². The van der Waals surface area contributed by atoms with E-state index in [1.54, 1.807) is 16.4 Å². The van der Waals surface area contributed by atoms with Crippen LogP contribution >= 0.6 is 11.3 Å². The van der Waals surface area contributed by atoms with Gasteiger partial charge in [0.1, 0.15) is 0 Å². The first kappa shape index (κ1) is 22.7. The Bertz CT molecular complexity index is 1240. The van der Waals surface area contributed by atoms with E-state index in [0.29, 0.717) is 17.2 Å². The van der Waals surface area contributed by atoms with Gasteiger partial charge in [-0.15, -0.1) is 0 Å². The minimum atomic E-state index is -3.57. The SMILES string of the molecule is CC[C@H]1CCCCN1S(=O)(=O)c1ccc(C(=O)NNc2nc3cc(C)cc(C)c3s2)cc1. The number of carbonyl (C=O) groups is 1. The zero-order chi connectivity index (χ0) is 22.9. The van der Waals surface area contributed by atoms with Crippen molar-refractivity contribution >= 4 is 42.6 Å². The maximum atomic E-state index is 13.1. The zero-order valence-electron chi connectivity index (χ0n) is 18.5.